The van der Waals surface area contributed by atoms with Crippen molar-refractivity contribution in [2.75, 3.05) is 9.80 Å². The quantitative estimate of drug-likeness (QED) is 0.135. The molecule has 0 unspecified atom stereocenters. The summed E-state index contributed by atoms with van der Waals surface area (Å²) in [4.78, 5) is 4.89. The highest BCUT2D eigenvalue weighted by Crippen LogP contribution is 2.54. The molecule has 332 valence electrons. The van der Waals surface area contributed by atoms with Gasteiger partial charge in [-0.2, -0.15) is 0 Å². The lowest BCUT2D eigenvalue weighted by atomic mass is 9.63. The number of nitrogens with zero attached hydrogens (tertiary/aromatic N) is 2. The van der Waals surface area contributed by atoms with E-state index in [-0.39, 0.29) is 21.7 Å². The van der Waals surface area contributed by atoms with Crippen molar-refractivity contribution < 1.29 is 0 Å². The Morgan fingerprint density at radius 2 is 1.17 bits per heavy atom. The molecule has 1 aromatic heterocycles. The van der Waals surface area contributed by atoms with Crippen LogP contribution in [0.1, 0.15) is 141 Å². The molecule has 0 N–H and O–H groups in total. The third-order valence-electron chi connectivity index (χ3n) is 14.0. The lowest BCUT2D eigenvalue weighted by Gasteiger charge is -2.42. The highest BCUT2D eigenvalue weighted by Gasteiger charge is 2.38. The summed E-state index contributed by atoms with van der Waals surface area (Å²) in [5.41, 5.74) is 18.1. The average molecular weight is 886 g/mol. The van der Waals surface area contributed by atoms with Crippen LogP contribution >= 0.6 is 22.9 Å². The molecule has 0 aliphatic heterocycles. The second-order valence-corrected chi connectivity index (χ2v) is 23.2. The Labute approximate surface area is 394 Å². The Hall–Kier alpha value is -4.83. The second-order valence-electron chi connectivity index (χ2n) is 21.9. The van der Waals surface area contributed by atoms with E-state index < -0.39 is 0 Å². The van der Waals surface area contributed by atoms with Crippen LogP contribution in [0.4, 0.5) is 34.1 Å². The molecular weight excluding hydrogens is 816 g/mol. The van der Waals surface area contributed by atoms with Gasteiger partial charge in [0, 0.05) is 32.5 Å². The predicted octanol–water partition coefficient (Wildman–Crippen LogP) is 19.1. The van der Waals surface area contributed by atoms with Crippen LogP contribution in [0.2, 0.25) is 5.02 Å². The molecule has 0 bridgehead atoms. The minimum Gasteiger partial charge on any atom is -0.309 e. The first-order chi connectivity index (χ1) is 30.2. The molecule has 1 heterocycles. The minimum absolute atomic E-state index is 0.0130. The van der Waals surface area contributed by atoms with E-state index >= 15 is 0 Å². The van der Waals surface area contributed by atoms with E-state index in [9.17, 15) is 0 Å². The fourth-order valence-corrected chi connectivity index (χ4v) is 11.0. The first-order valence-corrected chi connectivity index (χ1v) is 24.8. The summed E-state index contributed by atoms with van der Waals surface area (Å²) < 4.78 is 1.26. The summed E-state index contributed by atoms with van der Waals surface area (Å²) in [5, 5.41) is 4.30. The number of aryl methyl sites for hydroxylation is 3. The minimum atomic E-state index is -0.0434. The van der Waals surface area contributed by atoms with Gasteiger partial charge in [-0.1, -0.05) is 149 Å². The van der Waals surface area contributed by atoms with Gasteiger partial charge >= 0.3 is 0 Å². The summed E-state index contributed by atoms with van der Waals surface area (Å²) in [7, 11) is 0. The maximum absolute atomic E-state index is 8.25. The van der Waals surface area contributed by atoms with E-state index in [2.05, 4.69) is 220 Å². The van der Waals surface area contributed by atoms with Gasteiger partial charge in [-0.15, -0.1) is 11.3 Å². The first kappa shape index (κ1) is 45.7. The maximum atomic E-state index is 8.25. The van der Waals surface area contributed by atoms with E-state index in [0.29, 0.717) is 5.02 Å². The molecule has 6 aromatic carbocycles. The SMILES string of the molecule is CCCCc1ccc(N(c2cccc(C(C)(C)C)c2)c2cc(-c3c(C)cccc3C)cc(N(c3ccc4c(c3)C(C)(C)CCC4(C)C)c3csc4ccc(C(C)(C)C)cc34)c2Cl)cc1. The Morgan fingerprint density at radius 1 is 0.594 bits per heavy atom. The summed E-state index contributed by atoms with van der Waals surface area (Å²) in [6.45, 7) is 30.2. The Balaban J connectivity index is 1.49. The normalized spacial score (nSPS) is 14.7. The van der Waals surface area contributed by atoms with Crippen molar-refractivity contribution in [1.29, 1.82) is 0 Å². The average Bonchev–Trinajstić information content (AvgIpc) is 3.66. The van der Waals surface area contributed by atoms with Gasteiger partial charge in [0.15, 0.2) is 0 Å². The number of thiophene rings is 1. The first-order valence-electron chi connectivity index (χ1n) is 23.5. The van der Waals surface area contributed by atoms with Crippen molar-refractivity contribution in [3.8, 4) is 11.1 Å². The standard InChI is InChI=1S/C60H69ClN2S/c1-14-15-20-41-23-26-45(27-24-41)62(46-22-17-21-43(35-46)57(4,5)6)51-33-42(55-39(2)18-16-19-40(55)3)34-52(56(51)61)63(53-38-64-54-30-25-44(36-48(53)54)58(7,8)9)47-28-29-49-50(37-47)60(12,13)32-31-59(49,10)11/h16-19,21-30,33-38H,14-15,20,31-32H2,1-13H3. The molecular formula is C60H69ClN2S. The van der Waals surface area contributed by atoms with Gasteiger partial charge < -0.3 is 9.80 Å². The molecule has 7 aromatic rings. The molecule has 8 rings (SSSR count). The van der Waals surface area contributed by atoms with Crippen LogP contribution in [-0.4, -0.2) is 0 Å². The summed E-state index contributed by atoms with van der Waals surface area (Å²) in [6.07, 6.45) is 5.72. The fourth-order valence-electron chi connectivity index (χ4n) is 9.84. The zero-order chi connectivity index (χ0) is 45.9. The molecule has 0 radical (unpaired) electrons. The van der Waals surface area contributed by atoms with Crippen molar-refractivity contribution in [3.63, 3.8) is 0 Å². The molecule has 1 aliphatic carbocycles. The molecule has 4 heteroatoms. The zero-order valence-electron chi connectivity index (χ0n) is 40.8. The molecule has 0 saturated heterocycles. The molecule has 0 atom stereocenters. The lowest BCUT2D eigenvalue weighted by Crippen LogP contribution is -2.34. The third-order valence-corrected chi connectivity index (χ3v) is 15.4. The second kappa shape index (κ2) is 17.2. The third kappa shape index (κ3) is 8.80. The predicted molar refractivity (Wildman–Crippen MR) is 282 cm³/mol. The number of rotatable bonds is 10. The van der Waals surface area contributed by atoms with Crippen LogP contribution in [0.15, 0.2) is 121 Å². The van der Waals surface area contributed by atoms with E-state index in [1.807, 2.05) is 11.3 Å². The Morgan fingerprint density at radius 3 is 1.81 bits per heavy atom. The van der Waals surface area contributed by atoms with E-state index in [4.69, 9.17) is 11.6 Å². The highest BCUT2D eigenvalue weighted by molar-refractivity contribution is 7.17. The summed E-state index contributed by atoms with van der Waals surface area (Å²) in [6, 6.07) is 43.9. The van der Waals surface area contributed by atoms with E-state index in [1.165, 1.54) is 73.9 Å². The van der Waals surface area contributed by atoms with Crippen LogP contribution in [0.3, 0.4) is 0 Å². The van der Waals surface area contributed by atoms with Crippen LogP contribution < -0.4 is 9.80 Å². The van der Waals surface area contributed by atoms with Crippen LogP contribution in [-0.2, 0) is 28.1 Å². The maximum Gasteiger partial charge on any atom is 0.0887 e. The van der Waals surface area contributed by atoms with Gasteiger partial charge in [-0.05, 0) is 172 Å². The van der Waals surface area contributed by atoms with Crippen molar-refractivity contribution in [3.05, 3.63) is 165 Å². The number of benzene rings is 6. The van der Waals surface area contributed by atoms with Gasteiger partial charge in [-0.25, -0.2) is 0 Å². The number of fused-ring (bicyclic) bond motifs is 2. The van der Waals surface area contributed by atoms with Crippen molar-refractivity contribution in [2.45, 2.75) is 144 Å². The van der Waals surface area contributed by atoms with Gasteiger partial charge in [0.25, 0.3) is 0 Å². The summed E-state index contributed by atoms with van der Waals surface area (Å²) in [5.74, 6) is 0. The molecule has 64 heavy (non-hydrogen) atoms. The fraction of sp³-hybridized carbons (Fsp3) is 0.367. The van der Waals surface area contributed by atoms with Crippen molar-refractivity contribution in [2.24, 2.45) is 0 Å². The smallest absolute Gasteiger partial charge is 0.0887 e. The van der Waals surface area contributed by atoms with Gasteiger partial charge in [0.2, 0.25) is 0 Å². The van der Waals surface area contributed by atoms with Crippen LogP contribution in [0, 0.1) is 13.8 Å². The van der Waals surface area contributed by atoms with Crippen molar-refractivity contribution in [1.82, 2.24) is 0 Å². The molecule has 0 amide bonds. The number of anilines is 6. The Kier molecular flexibility index (Phi) is 12.3. The van der Waals surface area contributed by atoms with Crippen molar-refractivity contribution >= 4 is 67.1 Å². The number of halogens is 1. The van der Waals surface area contributed by atoms with E-state index in [0.717, 1.165) is 52.5 Å². The monoisotopic (exact) mass is 884 g/mol. The number of hydrogen-bond donors (Lipinski definition) is 0. The molecule has 0 fully saturated rings. The molecule has 1 aliphatic rings. The summed E-state index contributed by atoms with van der Waals surface area (Å²) >= 11 is 10.1. The molecule has 0 saturated carbocycles. The highest BCUT2D eigenvalue weighted by atomic mass is 35.5. The number of hydrogen-bond acceptors (Lipinski definition) is 3. The van der Waals surface area contributed by atoms with Gasteiger partial charge in [0.1, 0.15) is 0 Å². The van der Waals surface area contributed by atoms with Crippen LogP contribution in [0.25, 0.3) is 21.2 Å². The topological polar surface area (TPSA) is 6.48 Å². The largest absolute Gasteiger partial charge is 0.309 e. The van der Waals surface area contributed by atoms with Gasteiger partial charge in [-0.3, -0.25) is 0 Å². The number of unbranched alkanes of at least 4 members (excludes halogenated alkanes) is 1. The zero-order valence-corrected chi connectivity index (χ0v) is 42.3. The van der Waals surface area contributed by atoms with Crippen LogP contribution in [0.5, 0.6) is 0 Å². The molecule has 2 nitrogen and oxygen atoms in total. The van der Waals surface area contributed by atoms with Gasteiger partial charge in [0.05, 0.1) is 22.1 Å². The van der Waals surface area contributed by atoms with E-state index in [1.54, 1.807) is 0 Å². The Bertz CT molecular complexity index is 2810. The lowest BCUT2D eigenvalue weighted by molar-refractivity contribution is 0.332. The molecule has 0 spiro atoms.